The molecule has 0 unspecified atom stereocenters. The fourth-order valence-corrected chi connectivity index (χ4v) is 2.96. The van der Waals surface area contributed by atoms with Gasteiger partial charge in [0.15, 0.2) is 0 Å². The quantitative estimate of drug-likeness (QED) is 0.697. The van der Waals surface area contributed by atoms with E-state index in [0.717, 1.165) is 5.56 Å². The Labute approximate surface area is 167 Å². The predicted molar refractivity (Wildman–Crippen MR) is 107 cm³/mol. The zero-order valence-electron chi connectivity index (χ0n) is 15.6. The highest BCUT2D eigenvalue weighted by Crippen LogP contribution is 2.27. The van der Waals surface area contributed by atoms with Gasteiger partial charge in [-0.15, -0.1) is 0 Å². The Kier molecular flexibility index (Phi) is 5.20. The second-order valence-corrected chi connectivity index (χ2v) is 6.61. The van der Waals surface area contributed by atoms with Crippen LogP contribution in [0.25, 0.3) is 0 Å². The minimum atomic E-state index is -0.764. The molecule has 4 rings (SSSR count). The van der Waals surface area contributed by atoms with Gasteiger partial charge in [0.2, 0.25) is 6.10 Å². The SMILES string of the molecule is Cc1cc(NC(=O)[C@H]2CC(c3cccc(F)c3)=NO2)ccc1Oc1cccnc1. The first-order chi connectivity index (χ1) is 14.1. The summed E-state index contributed by atoms with van der Waals surface area (Å²) in [6.07, 6.45) is 2.81. The van der Waals surface area contributed by atoms with Crippen molar-refractivity contribution >= 4 is 17.3 Å². The first kappa shape index (κ1) is 18.6. The number of amides is 1. The van der Waals surface area contributed by atoms with Crippen molar-refractivity contribution in [1.29, 1.82) is 0 Å². The van der Waals surface area contributed by atoms with Crippen LogP contribution in [0, 0.1) is 12.7 Å². The highest BCUT2D eigenvalue weighted by Gasteiger charge is 2.29. The molecule has 0 aliphatic carbocycles. The van der Waals surface area contributed by atoms with Crippen LogP contribution in [0.2, 0.25) is 0 Å². The number of hydrogen-bond donors (Lipinski definition) is 1. The van der Waals surface area contributed by atoms with Crippen LogP contribution >= 0.6 is 0 Å². The van der Waals surface area contributed by atoms with Gasteiger partial charge in [-0.2, -0.15) is 0 Å². The summed E-state index contributed by atoms with van der Waals surface area (Å²) in [5.74, 6) is 0.626. The maximum Gasteiger partial charge on any atom is 0.268 e. The number of nitrogens with one attached hydrogen (secondary N) is 1. The van der Waals surface area contributed by atoms with Gasteiger partial charge in [-0.1, -0.05) is 17.3 Å². The van der Waals surface area contributed by atoms with Gasteiger partial charge in [0.05, 0.1) is 11.9 Å². The zero-order chi connectivity index (χ0) is 20.2. The molecule has 3 aromatic rings. The maximum atomic E-state index is 13.4. The van der Waals surface area contributed by atoms with Crippen LogP contribution in [0.5, 0.6) is 11.5 Å². The number of carbonyl (C=O) groups excluding carboxylic acids is 1. The number of halogens is 1. The van der Waals surface area contributed by atoms with E-state index in [2.05, 4.69) is 15.5 Å². The van der Waals surface area contributed by atoms with Gasteiger partial charge >= 0.3 is 0 Å². The molecule has 1 amide bonds. The number of anilines is 1. The number of carbonyl (C=O) groups is 1. The Bertz CT molecular complexity index is 1070. The Balaban J connectivity index is 1.38. The Morgan fingerprint density at radius 1 is 1.21 bits per heavy atom. The smallest absolute Gasteiger partial charge is 0.268 e. The molecule has 6 nitrogen and oxygen atoms in total. The number of oxime groups is 1. The number of ether oxygens (including phenoxy) is 1. The molecule has 2 heterocycles. The second kappa shape index (κ2) is 8.10. The molecule has 0 bridgehead atoms. The van der Waals surface area contributed by atoms with Crippen molar-refractivity contribution in [3.8, 4) is 11.5 Å². The summed E-state index contributed by atoms with van der Waals surface area (Å²) in [6.45, 7) is 1.89. The van der Waals surface area contributed by atoms with Crippen LogP contribution in [-0.4, -0.2) is 22.7 Å². The molecule has 0 saturated heterocycles. The van der Waals surface area contributed by atoms with E-state index in [-0.39, 0.29) is 18.1 Å². The van der Waals surface area contributed by atoms with E-state index in [4.69, 9.17) is 9.57 Å². The molecule has 1 aliphatic rings. The summed E-state index contributed by atoms with van der Waals surface area (Å²) in [7, 11) is 0. The average Bonchev–Trinajstić information content (AvgIpc) is 3.21. The third kappa shape index (κ3) is 4.40. The van der Waals surface area contributed by atoms with Gasteiger partial charge < -0.3 is 14.9 Å². The topological polar surface area (TPSA) is 72.8 Å². The molecule has 0 saturated carbocycles. The van der Waals surface area contributed by atoms with Crippen molar-refractivity contribution in [3.05, 3.63) is 83.9 Å². The molecule has 0 fully saturated rings. The molecule has 2 aromatic carbocycles. The van der Waals surface area contributed by atoms with Crippen LogP contribution in [0.3, 0.4) is 0 Å². The van der Waals surface area contributed by atoms with Gasteiger partial charge in [-0.25, -0.2) is 4.39 Å². The van der Waals surface area contributed by atoms with E-state index in [1.165, 1.54) is 12.1 Å². The third-order valence-electron chi connectivity index (χ3n) is 4.42. The molecule has 1 aliphatic heterocycles. The van der Waals surface area contributed by atoms with Crippen molar-refractivity contribution in [3.63, 3.8) is 0 Å². The minimum Gasteiger partial charge on any atom is -0.455 e. The number of rotatable bonds is 5. The normalized spacial score (nSPS) is 15.4. The fourth-order valence-electron chi connectivity index (χ4n) is 2.96. The van der Waals surface area contributed by atoms with Gasteiger partial charge in [-0.3, -0.25) is 9.78 Å². The van der Waals surface area contributed by atoms with Crippen LogP contribution in [0.15, 0.2) is 72.1 Å². The van der Waals surface area contributed by atoms with Crippen LogP contribution < -0.4 is 10.1 Å². The average molecular weight is 391 g/mol. The fraction of sp³-hybridized carbons (Fsp3) is 0.136. The number of pyridine rings is 1. The van der Waals surface area contributed by atoms with Crippen molar-refractivity contribution in [1.82, 2.24) is 4.98 Å². The summed E-state index contributed by atoms with van der Waals surface area (Å²) in [6, 6.07) is 15.0. The Morgan fingerprint density at radius 2 is 2.10 bits per heavy atom. The zero-order valence-corrected chi connectivity index (χ0v) is 15.6. The van der Waals surface area contributed by atoms with E-state index >= 15 is 0 Å². The van der Waals surface area contributed by atoms with Gasteiger partial charge in [0.1, 0.15) is 17.3 Å². The minimum absolute atomic E-state index is 0.274. The van der Waals surface area contributed by atoms with E-state index < -0.39 is 6.10 Å². The highest BCUT2D eigenvalue weighted by atomic mass is 19.1. The molecule has 146 valence electrons. The maximum absolute atomic E-state index is 13.4. The lowest BCUT2D eigenvalue weighted by Crippen LogP contribution is -2.28. The highest BCUT2D eigenvalue weighted by molar-refractivity contribution is 6.06. The van der Waals surface area contributed by atoms with Crippen molar-refractivity contribution < 1.29 is 18.8 Å². The summed E-state index contributed by atoms with van der Waals surface area (Å²) in [5, 5.41) is 6.75. The number of aryl methyl sites for hydroxylation is 1. The first-order valence-electron chi connectivity index (χ1n) is 9.06. The molecule has 0 spiro atoms. The van der Waals surface area contributed by atoms with E-state index in [1.54, 1.807) is 42.7 Å². The number of nitrogens with zero attached hydrogens (tertiary/aromatic N) is 2. The molecular weight excluding hydrogens is 373 g/mol. The first-order valence-corrected chi connectivity index (χ1v) is 9.06. The molecule has 29 heavy (non-hydrogen) atoms. The summed E-state index contributed by atoms with van der Waals surface area (Å²) < 4.78 is 19.2. The van der Waals surface area contributed by atoms with E-state index in [9.17, 15) is 9.18 Å². The van der Waals surface area contributed by atoms with Crippen LogP contribution in [0.1, 0.15) is 17.5 Å². The van der Waals surface area contributed by atoms with Gasteiger partial charge in [0, 0.05) is 23.9 Å². The third-order valence-corrected chi connectivity index (χ3v) is 4.42. The van der Waals surface area contributed by atoms with E-state index in [0.29, 0.717) is 28.5 Å². The van der Waals surface area contributed by atoms with Crippen molar-refractivity contribution in [2.45, 2.75) is 19.4 Å². The number of aromatic nitrogens is 1. The standard InChI is InChI=1S/C22H18FN3O3/c1-14-10-17(7-8-20(14)28-18-6-3-9-24-13-18)25-22(27)21-12-19(26-29-21)15-4-2-5-16(23)11-15/h2-11,13,21H,12H2,1H3,(H,25,27)/t21-/m1/s1. The number of hydrogen-bond acceptors (Lipinski definition) is 5. The second-order valence-electron chi connectivity index (χ2n) is 6.61. The lowest BCUT2D eigenvalue weighted by Gasteiger charge is -2.12. The molecule has 7 heteroatoms. The summed E-state index contributed by atoms with van der Waals surface area (Å²) in [5.41, 5.74) is 2.62. The predicted octanol–water partition coefficient (Wildman–Crippen LogP) is 4.45. The van der Waals surface area contributed by atoms with Crippen molar-refractivity contribution in [2.75, 3.05) is 5.32 Å². The molecular formula is C22H18FN3O3. The molecule has 1 atom stereocenters. The van der Waals surface area contributed by atoms with E-state index in [1.807, 2.05) is 19.1 Å². The Morgan fingerprint density at radius 3 is 2.86 bits per heavy atom. The summed E-state index contributed by atoms with van der Waals surface area (Å²) in [4.78, 5) is 21.8. The Hall–Kier alpha value is -3.74. The monoisotopic (exact) mass is 391 g/mol. The molecule has 1 N–H and O–H groups in total. The number of benzene rings is 2. The largest absolute Gasteiger partial charge is 0.455 e. The van der Waals surface area contributed by atoms with Gasteiger partial charge in [-0.05, 0) is 55.0 Å². The molecule has 1 aromatic heterocycles. The molecule has 0 radical (unpaired) electrons. The van der Waals surface area contributed by atoms with Crippen LogP contribution in [0.4, 0.5) is 10.1 Å². The van der Waals surface area contributed by atoms with Crippen molar-refractivity contribution in [2.24, 2.45) is 5.16 Å². The van der Waals surface area contributed by atoms with Gasteiger partial charge in [0.25, 0.3) is 5.91 Å². The summed E-state index contributed by atoms with van der Waals surface area (Å²) >= 11 is 0. The lowest BCUT2D eigenvalue weighted by atomic mass is 10.0. The van der Waals surface area contributed by atoms with Crippen LogP contribution in [-0.2, 0) is 9.63 Å². The lowest BCUT2D eigenvalue weighted by molar-refractivity contribution is -0.125.